The van der Waals surface area contributed by atoms with Crippen LogP contribution < -0.4 is 9.47 Å². The minimum atomic E-state index is -0.284. The van der Waals surface area contributed by atoms with Crippen molar-refractivity contribution < 1.29 is 14.3 Å². The van der Waals surface area contributed by atoms with E-state index in [2.05, 4.69) is 18.0 Å². The molecule has 1 aromatic rings. The van der Waals surface area contributed by atoms with E-state index in [-0.39, 0.29) is 17.3 Å². The molecule has 22 heavy (non-hydrogen) atoms. The van der Waals surface area contributed by atoms with E-state index in [1.54, 1.807) is 7.11 Å². The molecule has 116 valence electrons. The highest BCUT2D eigenvalue weighted by Gasteiger charge is 2.65. The normalized spacial score (nSPS) is 38.5. The molecular formula is C18H21NO3. The van der Waals surface area contributed by atoms with Gasteiger partial charge in [0.15, 0.2) is 23.4 Å². The van der Waals surface area contributed by atoms with Crippen molar-refractivity contribution in [2.75, 3.05) is 20.7 Å². The highest BCUT2D eigenvalue weighted by molar-refractivity contribution is 5.89. The first-order valence-corrected chi connectivity index (χ1v) is 8.27. The molecule has 1 saturated heterocycles. The Morgan fingerprint density at radius 2 is 2.27 bits per heavy atom. The van der Waals surface area contributed by atoms with Crippen molar-refractivity contribution in [1.29, 1.82) is 0 Å². The number of benzene rings is 1. The molecule has 0 N–H and O–H groups in total. The highest BCUT2D eigenvalue weighted by atomic mass is 16.5. The van der Waals surface area contributed by atoms with E-state index in [4.69, 9.17) is 9.47 Å². The third-order valence-corrected chi connectivity index (χ3v) is 6.59. The van der Waals surface area contributed by atoms with Gasteiger partial charge in [0.2, 0.25) is 0 Å². The second kappa shape index (κ2) is 4.05. The van der Waals surface area contributed by atoms with Crippen molar-refractivity contribution in [3.8, 4) is 11.5 Å². The zero-order valence-corrected chi connectivity index (χ0v) is 13.1. The van der Waals surface area contributed by atoms with Gasteiger partial charge < -0.3 is 14.4 Å². The van der Waals surface area contributed by atoms with Crippen LogP contribution in [0.3, 0.4) is 0 Å². The molecule has 1 saturated carbocycles. The van der Waals surface area contributed by atoms with Crippen LogP contribution in [0.2, 0.25) is 0 Å². The van der Waals surface area contributed by atoms with Gasteiger partial charge in [0, 0.05) is 23.4 Å². The second-order valence-electron chi connectivity index (χ2n) is 7.28. The maximum atomic E-state index is 12.6. The average molecular weight is 299 g/mol. The van der Waals surface area contributed by atoms with Crippen LogP contribution in [0.4, 0.5) is 0 Å². The summed E-state index contributed by atoms with van der Waals surface area (Å²) in [4.78, 5) is 15.1. The van der Waals surface area contributed by atoms with Crippen molar-refractivity contribution in [2.24, 2.45) is 5.92 Å². The molecule has 2 bridgehead atoms. The first-order valence-electron chi connectivity index (χ1n) is 8.27. The maximum Gasteiger partial charge on any atom is 0.174 e. The predicted molar refractivity (Wildman–Crippen MR) is 81.6 cm³/mol. The van der Waals surface area contributed by atoms with E-state index in [1.165, 1.54) is 11.1 Å². The van der Waals surface area contributed by atoms with E-state index in [0.717, 1.165) is 37.3 Å². The van der Waals surface area contributed by atoms with Gasteiger partial charge in [-0.15, -0.1) is 0 Å². The first kappa shape index (κ1) is 12.9. The predicted octanol–water partition coefficient (Wildman–Crippen LogP) is 1.93. The minimum Gasteiger partial charge on any atom is -0.493 e. The number of piperidine rings is 1. The lowest BCUT2D eigenvalue weighted by Gasteiger charge is -2.57. The molecule has 0 aromatic heterocycles. The zero-order valence-electron chi connectivity index (χ0n) is 13.1. The van der Waals surface area contributed by atoms with Gasteiger partial charge in [0.1, 0.15) is 0 Å². The number of ketones is 1. The fourth-order valence-corrected chi connectivity index (χ4v) is 5.67. The summed E-state index contributed by atoms with van der Waals surface area (Å²) >= 11 is 0. The van der Waals surface area contributed by atoms with Crippen LogP contribution in [-0.2, 0) is 16.6 Å². The molecule has 1 spiro atoms. The topological polar surface area (TPSA) is 38.8 Å². The number of nitrogens with zero attached hydrogens (tertiary/aromatic N) is 1. The number of likely N-dealkylation sites (N-methyl/N-ethyl adjacent to an activating group) is 1. The largest absolute Gasteiger partial charge is 0.493 e. The number of hydrogen-bond acceptors (Lipinski definition) is 4. The molecule has 4 aliphatic rings. The molecule has 5 rings (SSSR count). The third-order valence-electron chi connectivity index (χ3n) is 6.59. The Morgan fingerprint density at radius 1 is 1.41 bits per heavy atom. The van der Waals surface area contributed by atoms with E-state index in [1.807, 2.05) is 6.07 Å². The van der Waals surface area contributed by atoms with Crippen molar-refractivity contribution in [3.63, 3.8) is 0 Å². The van der Waals surface area contributed by atoms with E-state index < -0.39 is 0 Å². The van der Waals surface area contributed by atoms with Crippen LogP contribution in [0, 0.1) is 5.92 Å². The van der Waals surface area contributed by atoms with Gasteiger partial charge in [-0.2, -0.15) is 0 Å². The summed E-state index contributed by atoms with van der Waals surface area (Å²) in [6.07, 6.45) is 3.47. The molecule has 2 aliphatic heterocycles. The van der Waals surface area contributed by atoms with Crippen LogP contribution in [0.1, 0.15) is 30.4 Å². The first-order chi connectivity index (χ1) is 10.7. The minimum absolute atomic E-state index is 0.0933. The average Bonchev–Trinajstić information content (AvgIpc) is 2.88. The van der Waals surface area contributed by atoms with E-state index in [9.17, 15) is 4.79 Å². The van der Waals surface area contributed by atoms with Gasteiger partial charge in [-0.05, 0) is 50.4 Å². The molecule has 1 aromatic carbocycles. The number of methoxy groups -OCH3 is 1. The third kappa shape index (κ3) is 1.27. The molecule has 2 heterocycles. The highest BCUT2D eigenvalue weighted by Crippen LogP contribution is 2.62. The summed E-state index contributed by atoms with van der Waals surface area (Å²) < 4.78 is 11.8. The van der Waals surface area contributed by atoms with Gasteiger partial charge in [0.05, 0.1) is 7.11 Å². The molecular weight excluding hydrogens is 278 g/mol. The SMILES string of the molecule is COc1ccc2c3c1OC1C(=O)CC[C@@H]4[C@@H](C2)N(C)CC[C@]314. The second-order valence-corrected chi connectivity index (χ2v) is 7.28. The number of carbonyl (C=O) groups is 1. The maximum absolute atomic E-state index is 12.6. The van der Waals surface area contributed by atoms with Gasteiger partial charge >= 0.3 is 0 Å². The van der Waals surface area contributed by atoms with E-state index >= 15 is 0 Å². The Morgan fingerprint density at radius 3 is 3.09 bits per heavy atom. The Kier molecular flexibility index (Phi) is 2.38. The fraction of sp³-hybridized carbons (Fsp3) is 0.611. The summed E-state index contributed by atoms with van der Waals surface area (Å²) in [6, 6.07) is 4.73. The van der Waals surface area contributed by atoms with Crippen LogP contribution in [0.25, 0.3) is 0 Å². The Bertz CT molecular complexity index is 685. The number of Topliss-reactive ketones (excluding diaryl/α,β-unsaturated/α-hetero) is 1. The van der Waals surface area contributed by atoms with Gasteiger partial charge in [-0.25, -0.2) is 0 Å². The standard InChI is InChI=1S/C18H21NO3/c1-19-8-7-18-11-4-5-13(20)17(18)22-16-14(21-2)6-3-10(15(16)18)9-12(11)19/h3,6,11-12,17H,4-5,7-9H2,1-2H3/t11-,12-,17?,18+/m1/s1. The lowest BCUT2D eigenvalue weighted by atomic mass is 9.52. The lowest BCUT2D eigenvalue weighted by Crippen LogP contribution is -2.65. The zero-order chi connectivity index (χ0) is 15.1. The van der Waals surface area contributed by atoms with Gasteiger partial charge in [-0.3, -0.25) is 4.79 Å². The number of likely N-dealkylation sites (tertiary alicyclic amines) is 1. The van der Waals surface area contributed by atoms with E-state index in [0.29, 0.717) is 18.4 Å². The molecule has 4 atom stereocenters. The number of ether oxygens (including phenoxy) is 2. The fourth-order valence-electron chi connectivity index (χ4n) is 5.67. The van der Waals surface area contributed by atoms with Gasteiger partial charge in [0.25, 0.3) is 0 Å². The summed E-state index contributed by atoms with van der Waals surface area (Å²) in [6.45, 7) is 1.05. The van der Waals surface area contributed by atoms with Crippen LogP contribution in [0.5, 0.6) is 11.5 Å². The smallest absolute Gasteiger partial charge is 0.174 e. The number of rotatable bonds is 1. The molecule has 1 unspecified atom stereocenters. The molecule has 2 aliphatic carbocycles. The molecule has 4 nitrogen and oxygen atoms in total. The molecule has 2 fully saturated rings. The Labute approximate surface area is 130 Å². The van der Waals surface area contributed by atoms with Crippen LogP contribution in [-0.4, -0.2) is 43.5 Å². The number of hydrogen-bond donors (Lipinski definition) is 0. The summed E-state index contributed by atoms with van der Waals surface area (Å²) in [5.41, 5.74) is 2.57. The molecule has 0 radical (unpaired) electrons. The Hall–Kier alpha value is -1.55. The monoisotopic (exact) mass is 299 g/mol. The van der Waals surface area contributed by atoms with Crippen LogP contribution in [0.15, 0.2) is 12.1 Å². The van der Waals surface area contributed by atoms with Crippen molar-refractivity contribution in [2.45, 2.75) is 43.2 Å². The summed E-state index contributed by atoms with van der Waals surface area (Å²) in [7, 11) is 3.91. The van der Waals surface area contributed by atoms with Crippen molar-refractivity contribution in [1.82, 2.24) is 4.90 Å². The summed E-state index contributed by atoms with van der Waals surface area (Å²) in [5.74, 6) is 2.46. The van der Waals surface area contributed by atoms with Crippen molar-refractivity contribution >= 4 is 5.78 Å². The molecule has 4 heteroatoms. The van der Waals surface area contributed by atoms with Crippen molar-refractivity contribution in [3.05, 3.63) is 23.3 Å². The molecule has 0 amide bonds. The van der Waals surface area contributed by atoms with Crippen LogP contribution >= 0.6 is 0 Å². The number of carbonyl (C=O) groups excluding carboxylic acids is 1. The van der Waals surface area contributed by atoms with Gasteiger partial charge in [-0.1, -0.05) is 6.07 Å². The summed E-state index contributed by atoms with van der Waals surface area (Å²) in [5, 5.41) is 0. The quantitative estimate of drug-likeness (QED) is 0.794. The lowest BCUT2D eigenvalue weighted by molar-refractivity contribution is -0.138. The Balaban J connectivity index is 1.81.